The number of ether oxygens (including phenoxy) is 1. The van der Waals surface area contributed by atoms with Crippen LogP contribution in [-0.4, -0.2) is 0 Å². The molecule has 1 aliphatic heterocycles. The first-order valence-electron chi connectivity index (χ1n) is 3.36. The van der Waals surface area contributed by atoms with E-state index in [0.29, 0.717) is 0 Å². The molecule has 0 aromatic rings. The molecule has 1 rings (SSSR count). The SMILES string of the molecule is CC1=C(C)OC(C)=C(C)[N]1. The average molecular weight is 138 g/mol. The molecule has 0 aromatic carbocycles. The molecule has 2 nitrogen and oxygen atoms in total. The van der Waals surface area contributed by atoms with E-state index in [1.807, 2.05) is 27.7 Å². The Balaban J connectivity index is 2.81. The summed E-state index contributed by atoms with van der Waals surface area (Å²) in [7, 11) is 0. The summed E-state index contributed by atoms with van der Waals surface area (Å²) in [5, 5.41) is 4.28. The highest BCUT2D eigenvalue weighted by molar-refractivity contribution is 5.18. The van der Waals surface area contributed by atoms with Crippen molar-refractivity contribution in [2.24, 2.45) is 0 Å². The van der Waals surface area contributed by atoms with Gasteiger partial charge in [0, 0.05) is 0 Å². The molecule has 10 heavy (non-hydrogen) atoms. The van der Waals surface area contributed by atoms with Crippen LogP contribution in [0.3, 0.4) is 0 Å². The van der Waals surface area contributed by atoms with Gasteiger partial charge in [-0.2, -0.15) is 0 Å². The molecule has 0 saturated carbocycles. The van der Waals surface area contributed by atoms with Gasteiger partial charge in [0.1, 0.15) is 11.5 Å². The molecule has 1 aliphatic rings. The smallest absolute Gasteiger partial charge is 0.122 e. The predicted octanol–water partition coefficient (Wildman–Crippen LogP) is 2.12. The van der Waals surface area contributed by atoms with E-state index in [2.05, 4.69) is 5.32 Å². The highest BCUT2D eigenvalue weighted by Crippen LogP contribution is 2.18. The van der Waals surface area contributed by atoms with Crippen LogP contribution in [0.4, 0.5) is 0 Å². The van der Waals surface area contributed by atoms with Gasteiger partial charge in [-0.3, -0.25) is 5.32 Å². The molecule has 0 saturated heterocycles. The van der Waals surface area contributed by atoms with E-state index < -0.39 is 0 Å². The maximum absolute atomic E-state index is 5.38. The van der Waals surface area contributed by atoms with Crippen LogP contribution in [0, 0.1) is 0 Å². The van der Waals surface area contributed by atoms with E-state index in [1.54, 1.807) is 0 Å². The normalized spacial score (nSPS) is 18.8. The molecule has 0 amide bonds. The summed E-state index contributed by atoms with van der Waals surface area (Å²) in [5.41, 5.74) is 1.95. The molecule has 0 bridgehead atoms. The maximum Gasteiger partial charge on any atom is 0.122 e. The zero-order valence-electron chi connectivity index (χ0n) is 6.86. The minimum Gasteiger partial charge on any atom is -0.463 e. The fraction of sp³-hybridized carbons (Fsp3) is 0.500. The molecule has 1 radical (unpaired) electrons. The lowest BCUT2D eigenvalue weighted by Gasteiger charge is -2.17. The molecule has 0 unspecified atom stereocenters. The van der Waals surface area contributed by atoms with Gasteiger partial charge >= 0.3 is 0 Å². The first-order chi connectivity index (χ1) is 4.61. The number of nitrogens with zero attached hydrogens (tertiary/aromatic N) is 1. The minimum absolute atomic E-state index is 0.906. The van der Waals surface area contributed by atoms with Crippen LogP contribution in [0.2, 0.25) is 0 Å². The number of hydrogen-bond donors (Lipinski definition) is 0. The van der Waals surface area contributed by atoms with Crippen molar-refractivity contribution in [1.82, 2.24) is 5.32 Å². The quantitative estimate of drug-likeness (QED) is 0.503. The molecule has 0 aromatic heterocycles. The molecule has 0 aliphatic carbocycles. The lowest BCUT2D eigenvalue weighted by atomic mass is 10.3. The van der Waals surface area contributed by atoms with E-state index in [-0.39, 0.29) is 0 Å². The monoisotopic (exact) mass is 138 g/mol. The molecular weight excluding hydrogens is 126 g/mol. The number of rotatable bonds is 0. The van der Waals surface area contributed by atoms with Crippen molar-refractivity contribution in [3.63, 3.8) is 0 Å². The second kappa shape index (κ2) is 2.37. The highest BCUT2D eigenvalue weighted by atomic mass is 16.5. The molecule has 0 fully saturated rings. The maximum atomic E-state index is 5.38. The molecule has 0 N–H and O–H groups in total. The van der Waals surface area contributed by atoms with E-state index in [1.165, 1.54) is 0 Å². The molecular formula is C8H12NO. The molecule has 0 atom stereocenters. The van der Waals surface area contributed by atoms with Gasteiger partial charge in [-0.25, -0.2) is 0 Å². The van der Waals surface area contributed by atoms with Crippen LogP contribution in [-0.2, 0) is 4.74 Å². The number of hydrogen-bond acceptors (Lipinski definition) is 1. The van der Waals surface area contributed by atoms with Gasteiger partial charge in [-0.05, 0) is 27.7 Å². The van der Waals surface area contributed by atoms with E-state index >= 15 is 0 Å². The zero-order valence-corrected chi connectivity index (χ0v) is 6.86. The largest absolute Gasteiger partial charge is 0.463 e. The standard InChI is InChI=1S/C8H12NO/c1-5-7(3)10-8(4)6(2)9-5/h1-4H3. The Morgan fingerprint density at radius 2 is 1.30 bits per heavy atom. The van der Waals surface area contributed by atoms with Gasteiger partial charge in [0.05, 0.1) is 11.4 Å². The lowest BCUT2D eigenvalue weighted by Crippen LogP contribution is -2.11. The third-order valence-corrected chi connectivity index (χ3v) is 1.66. The van der Waals surface area contributed by atoms with Crippen LogP contribution in [0.15, 0.2) is 22.9 Å². The molecule has 0 spiro atoms. The summed E-state index contributed by atoms with van der Waals surface area (Å²) >= 11 is 0. The second-order valence-corrected chi connectivity index (χ2v) is 2.50. The Labute approximate surface area is 61.6 Å². The van der Waals surface area contributed by atoms with Gasteiger partial charge in [-0.15, -0.1) is 0 Å². The van der Waals surface area contributed by atoms with Crippen molar-refractivity contribution in [3.05, 3.63) is 22.9 Å². The number of allylic oxidation sites excluding steroid dienone is 4. The van der Waals surface area contributed by atoms with Crippen LogP contribution < -0.4 is 5.32 Å². The predicted molar refractivity (Wildman–Crippen MR) is 40.0 cm³/mol. The van der Waals surface area contributed by atoms with Crippen LogP contribution >= 0.6 is 0 Å². The summed E-state index contributed by atoms with van der Waals surface area (Å²) in [4.78, 5) is 0. The van der Waals surface area contributed by atoms with Gasteiger partial charge < -0.3 is 4.74 Å². The Morgan fingerprint density at radius 3 is 1.60 bits per heavy atom. The summed E-state index contributed by atoms with van der Waals surface area (Å²) in [6, 6.07) is 0. The Hall–Kier alpha value is -0.920. The zero-order chi connectivity index (χ0) is 7.72. The van der Waals surface area contributed by atoms with Gasteiger partial charge in [0.15, 0.2) is 0 Å². The molecule has 2 heteroatoms. The third-order valence-electron chi connectivity index (χ3n) is 1.66. The van der Waals surface area contributed by atoms with Crippen LogP contribution in [0.5, 0.6) is 0 Å². The molecule has 1 heterocycles. The van der Waals surface area contributed by atoms with Crippen molar-refractivity contribution < 1.29 is 4.74 Å². The highest BCUT2D eigenvalue weighted by Gasteiger charge is 2.10. The minimum atomic E-state index is 0.906. The first-order valence-corrected chi connectivity index (χ1v) is 3.36. The van der Waals surface area contributed by atoms with Crippen molar-refractivity contribution in [2.45, 2.75) is 27.7 Å². The van der Waals surface area contributed by atoms with Crippen molar-refractivity contribution in [3.8, 4) is 0 Å². The second-order valence-electron chi connectivity index (χ2n) is 2.50. The van der Waals surface area contributed by atoms with Crippen molar-refractivity contribution in [1.29, 1.82) is 0 Å². The summed E-state index contributed by atoms with van der Waals surface area (Å²) < 4.78 is 5.38. The lowest BCUT2D eigenvalue weighted by molar-refractivity contribution is 0.282. The van der Waals surface area contributed by atoms with E-state index in [9.17, 15) is 0 Å². The van der Waals surface area contributed by atoms with Gasteiger partial charge in [0.25, 0.3) is 0 Å². The van der Waals surface area contributed by atoms with Crippen LogP contribution in [0.25, 0.3) is 0 Å². The fourth-order valence-electron chi connectivity index (χ4n) is 0.786. The summed E-state index contributed by atoms with van der Waals surface area (Å²) in [5.74, 6) is 1.81. The van der Waals surface area contributed by atoms with Crippen molar-refractivity contribution in [2.75, 3.05) is 0 Å². The topological polar surface area (TPSA) is 23.3 Å². The van der Waals surface area contributed by atoms with E-state index in [0.717, 1.165) is 22.9 Å². The van der Waals surface area contributed by atoms with Crippen LogP contribution in [0.1, 0.15) is 27.7 Å². The van der Waals surface area contributed by atoms with Gasteiger partial charge in [0.2, 0.25) is 0 Å². The Bertz CT molecular complexity index is 169. The Morgan fingerprint density at radius 1 is 0.900 bits per heavy atom. The van der Waals surface area contributed by atoms with Gasteiger partial charge in [-0.1, -0.05) is 0 Å². The van der Waals surface area contributed by atoms with E-state index in [4.69, 9.17) is 4.74 Å². The fourth-order valence-corrected chi connectivity index (χ4v) is 0.786. The average Bonchev–Trinajstić information content (AvgIpc) is 1.84. The Kier molecular flexibility index (Phi) is 1.70. The molecule has 55 valence electrons. The van der Waals surface area contributed by atoms with Crippen molar-refractivity contribution >= 4 is 0 Å². The summed E-state index contributed by atoms with van der Waals surface area (Å²) in [6.07, 6.45) is 0. The summed E-state index contributed by atoms with van der Waals surface area (Å²) in [6.45, 7) is 7.75. The third kappa shape index (κ3) is 1.15. The first kappa shape index (κ1) is 7.19.